The van der Waals surface area contributed by atoms with Crippen molar-refractivity contribution in [3.05, 3.63) is 45.4 Å². The standard InChI is InChI=1S/C18H18BrNO2/c1-9(2)13-16(21)14(19)11(4)15-17(13)22-18(20-15)12-7-5-10(3)6-8-12/h5-9,21H,1-4H3. The van der Waals surface area contributed by atoms with Crippen molar-refractivity contribution in [3.63, 3.8) is 0 Å². The number of nitrogens with zero attached hydrogens (tertiary/aromatic N) is 1. The summed E-state index contributed by atoms with van der Waals surface area (Å²) in [5.41, 5.74) is 5.27. The second kappa shape index (κ2) is 5.43. The van der Waals surface area contributed by atoms with Gasteiger partial charge in [0.1, 0.15) is 11.3 Å². The van der Waals surface area contributed by atoms with Gasteiger partial charge in [0.2, 0.25) is 5.89 Å². The summed E-state index contributed by atoms with van der Waals surface area (Å²) in [6, 6.07) is 8.07. The number of phenolic OH excluding ortho intramolecular Hbond substituents is 1. The summed E-state index contributed by atoms with van der Waals surface area (Å²) < 4.78 is 6.70. The first-order chi connectivity index (χ1) is 10.4. The third-order valence-corrected chi connectivity index (χ3v) is 4.87. The SMILES string of the molecule is Cc1ccc(-c2nc3c(C)c(Br)c(O)c(C(C)C)c3o2)cc1. The molecular weight excluding hydrogens is 342 g/mol. The molecule has 3 aromatic rings. The van der Waals surface area contributed by atoms with Crippen LogP contribution < -0.4 is 0 Å². The molecule has 0 radical (unpaired) electrons. The lowest BCUT2D eigenvalue weighted by molar-refractivity contribution is 0.459. The second-order valence-corrected chi connectivity index (χ2v) is 6.71. The van der Waals surface area contributed by atoms with Crippen LogP contribution in [-0.4, -0.2) is 10.1 Å². The molecule has 4 heteroatoms. The molecule has 0 saturated carbocycles. The normalized spacial score (nSPS) is 11.5. The maximum absolute atomic E-state index is 10.4. The Labute approximate surface area is 138 Å². The van der Waals surface area contributed by atoms with E-state index in [2.05, 4.69) is 20.9 Å². The third-order valence-electron chi connectivity index (χ3n) is 3.90. The summed E-state index contributed by atoms with van der Waals surface area (Å²) in [5, 5.41) is 10.4. The largest absolute Gasteiger partial charge is 0.506 e. The lowest BCUT2D eigenvalue weighted by Crippen LogP contribution is -1.93. The number of aromatic hydroxyl groups is 1. The van der Waals surface area contributed by atoms with E-state index in [0.717, 1.165) is 22.2 Å². The number of aromatic nitrogens is 1. The number of hydrogen-bond acceptors (Lipinski definition) is 3. The lowest BCUT2D eigenvalue weighted by Gasteiger charge is -2.12. The first kappa shape index (κ1) is 15.1. The van der Waals surface area contributed by atoms with Crippen molar-refractivity contribution >= 4 is 27.0 Å². The molecule has 0 saturated heterocycles. The zero-order valence-corrected chi connectivity index (χ0v) is 14.7. The van der Waals surface area contributed by atoms with Gasteiger partial charge >= 0.3 is 0 Å². The van der Waals surface area contributed by atoms with Gasteiger partial charge in [0, 0.05) is 11.1 Å². The Morgan fingerprint density at radius 2 is 1.77 bits per heavy atom. The quantitative estimate of drug-likeness (QED) is 0.637. The van der Waals surface area contributed by atoms with Crippen molar-refractivity contribution in [2.75, 3.05) is 0 Å². The van der Waals surface area contributed by atoms with E-state index in [-0.39, 0.29) is 11.7 Å². The Kier molecular flexibility index (Phi) is 3.73. The molecule has 0 fully saturated rings. The van der Waals surface area contributed by atoms with Gasteiger partial charge in [0.15, 0.2) is 5.58 Å². The molecule has 1 aromatic heterocycles. The highest BCUT2D eigenvalue weighted by molar-refractivity contribution is 9.10. The first-order valence-corrected chi connectivity index (χ1v) is 8.08. The highest BCUT2D eigenvalue weighted by Gasteiger charge is 2.22. The van der Waals surface area contributed by atoms with Crippen LogP contribution in [0.5, 0.6) is 5.75 Å². The zero-order valence-electron chi connectivity index (χ0n) is 13.1. The van der Waals surface area contributed by atoms with E-state index in [9.17, 15) is 5.11 Å². The van der Waals surface area contributed by atoms with Gasteiger partial charge in [0.25, 0.3) is 0 Å². The average molecular weight is 360 g/mol. The smallest absolute Gasteiger partial charge is 0.227 e. The van der Waals surface area contributed by atoms with E-state index in [0.29, 0.717) is 15.9 Å². The summed E-state index contributed by atoms with van der Waals surface area (Å²) in [4.78, 5) is 4.65. The van der Waals surface area contributed by atoms with Gasteiger partial charge in [-0.25, -0.2) is 4.98 Å². The number of oxazole rings is 1. The van der Waals surface area contributed by atoms with Crippen molar-refractivity contribution in [1.29, 1.82) is 0 Å². The maximum Gasteiger partial charge on any atom is 0.227 e. The van der Waals surface area contributed by atoms with Crippen LogP contribution in [0.2, 0.25) is 0 Å². The van der Waals surface area contributed by atoms with Crippen LogP contribution in [0.15, 0.2) is 33.2 Å². The summed E-state index contributed by atoms with van der Waals surface area (Å²) >= 11 is 3.46. The maximum atomic E-state index is 10.4. The Morgan fingerprint density at radius 1 is 1.14 bits per heavy atom. The van der Waals surface area contributed by atoms with Crippen LogP contribution >= 0.6 is 15.9 Å². The van der Waals surface area contributed by atoms with Crippen LogP contribution in [-0.2, 0) is 0 Å². The van der Waals surface area contributed by atoms with Crippen molar-refractivity contribution in [1.82, 2.24) is 4.98 Å². The fourth-order valence-corrected chi connectivity index (χ4v) is 3.02. The first-order valence-electron chi connectivity index (χ1n) is 7.28. The number of hydrogen-bond donors (Lipinski definition) is 1. The zero-order chi connectivity index (χ0) is 16.0. The van der Waals surface area contributed by atoms with Crippen LogP contribution in [0, 0.1) is 13.8 Å². The predicted molar refractivity (Wildman–Crippen MR) is 92.4 cm³/mol. The molecule has 3 nitrogen and oxygen atoms in total. The van der Waals surface area contributed by atoms with E-state index in [1.165, 1.54) is 5.56 Å². The molecule has 0 bridgehead atoms. The summed E-state index contributed by atoms with van der Waals surface area (Å²) in [6.07, 6.45) is 0. The van der Waals surface area contributed by atoms with Gasteiger partial charge in [0.05, 0.1) is 4.47 Å². The molecule has 0 spiro atoms. The monoisotopic (exact) mass is 359 g/mol. The van der Waals surface area contributed by atoms with Crippen molar-refractivity contribution < 1.29 is 9.52 Å². The molecule has 0 aliphatic heterocycles. The predicted octanol–water partition coefficient (Wildman–Crippen LogP) is 5.70. The van der Waals surface area contributed by atoms with E-state index in [4.69, 9.17) is 4.42 Å². The summed E-state index contributed by atoms with van der Waals surface area (Å²) in [6.45, 7) is 8.04. The minimum Gasteiger partial charge on any atom is -0.506 e. The van der Waals surface area contributed by atoms with Crippen molar-refractivity contribution in [2.24, 2.45) is 0 Å². The molecule has 0 aliphatic carbocycles. The number of benzene rings is 2. The van der Waals surface area contributed by atoms with E-state index in [1.54, 1.807) is 0 Å². The summed E-state index contributed by atoms with van der Waals surface area (Å²) in [7, 11) is 0. The number of halogens is 1. The fraction of sp³-hybridized carbons (Fsp3) is 0.278. The molecule has 114 valence electrons. The minimum absolute atomic E-state index is 0.137. The molecule has 3 rings (SSSR count). The summed E-state index contributed by atoms with van der Waals surface area (Å²) in [5.74, 6) is 0.960. The Hall–Kier alpha value is -1.81. The molecule has 0 atom stereocenters. The van der Waals surface area contributed by atoms with Crippen LogP contribution in [0.1, 0.15) is 36.5 Å². The Morgan fingerprint density at radius 3 is 2.36 bits per heavy atom. The van der Waals surface area contributed by atoms with E-state index >= 15 is 0 Å². The van der Waals surface area contributed by atoms with Crippen LogP contribution in [0.3, 0.4) is 0 Å². The number of fused-ring (bicyclic) bond motifs is 1. The van der Waals surface area contributed by atoms with Gasteiger partial charge in [-0.2, -0.15) is 0 Å². The molecule has 1 N–H and O–H groups in total. The minimum atomic E-state index is 0.137. The molecule has 22 heavy (non-hydrogen) atoms. The number of phenols is 1. The number of aryl methyl sites for hydroxylation is 2. The van der Waals surface area contributed by atoms with Gasteiger partial charge in [-0.15, -0.1) is 0 Å². The Bertz CT molecular complexity index is 848. The highest BCUT2D eigenvalue weighted by atomic mass is 79.9. The molecule has 0 aliphatic rings. The van der Waals surface area contributed by atoms with Gasteiger partial charge < -0.3 is 9.52 Å². The lowest BCUT2D eigenvalue weighted by atomic mass is 9.99. The fourth-order valence-electron chi connectivity index (χ4n) is 2.62. The van der Waals surface area contributed by atoms with Gasteiger partial charge in [-0.1, -0.05) is 31.5 Å². The topological polar surface area (TPSA) is 46.3 Å². The van der Waals surface area contributed by atoms with E-state index in [1.807, 2.05) is 52.0 Å². The van der Waals surface area contributed by atoms with Crippen molar-refractivity contribution in [3.8, 4) is 17.2 Å². The number of rotatable bonds is 2. The van der Waals surface area contributed by atoms with E-state index < -0.39 is 0 Å². The van der Waals surface area contributed by atoms with Gasteiger partial charge in [-0.3, -0.25) is 0 Å². The Balaban J connectivity index is 2.31. The molecular formula is C18H18BrNO2. The van der Waals surface area contributed by atoms with Gasteiger partial charge in [-0.05, 0) is 53.4 Å². The molecule has 0 amide bonds. The molecule has 0 unspecified atom stereocenters. The second-order valence-electron chi connectivity index (χ2n) is 5.92. The highest BCUT2D eigenvalue weighted by Crippen LogP contribution is 2.43. The van der Waals surface area contributed by atoms with Crippen LogP contribution in [0.25, 0.3) is 22.6 Å². The average Bonchev–Trinajstić information content (AvgIpc) is 2.90. The van der Waals surface area contributed by atoms with Crippen molar-refractivity contribution in [2.45, 2.75) is 33.6 Å². The third kappa shape index (κ3) is 2.31. The van der Waals surface area contributed by atoms with Crippen LogP contribution in [0.4, 0.5) is 0 Å². The molecule has 1 heterocycles. The molecule has 2 aromatic carbocycles.